The summed E-state index contributed by atoms with van der Waals surface area (Å²) in [5, 5.41) is 11.6. The number of ether oxygens (including phenoxy) is 1. The summed E-state index contributed by atoms with van der Waals surface area (Å²) < 4.78 is 5.21. The molecule has 6 heteroatoms. The van der Waals surface area contributed by atoms with Crippen molar-refractivity contribution in [3.05, 3.63) is 71.3 Å². The second kappa shape index (κ2) is 6.94. The fourth-order valence-electron chi connectivity index (χ4n) is 3.21. The van der Waals surface area contributed by atoms with Crippen LogP contribution >= 0.6 is 11.6 Å². The molecule has 0 radical (unpaired) electrons. The number of Topliss-reactive ketones (excluding diaryl/α,β-unsaturated/α-hetero) is 1. The van der Waals surface area contributed by atoms with Gasteiger partial charge in [-0.2, -0.15) is 0 Å². The number of nitrogens with zero attached hydrogens (tertiary/aromatic N) is 1. The molecule has 26 heavy (non-hydrogen) atoms. The van der Waals surface area contributed by atoms with E-state index in [1.165, 1.54) is 18.1 Å². The number of aliphatic hydroxyl groups is 1. The zero-order chi connectivity index (χ0) is 18.9. The Bertz CT molecular complexity index is 895. The van der Waals surface area contributed by atoms with Gasteiger partial charge in [-0.15, -0.1) is 6.58 Å². The first-order chi connectivity index (χ1) is 12.4. The molecule has 1 aliphatic rings. The Morgan fingerprint density at radius 3 is 2.77 bits per heavy atom. The van der Waals surface area contributed by atoms with Crippen LogP contribution in [-0.4, -0.2) is 30.5 Å². The number of hydrogen-bond donors (Lipinski definition) is 1. The zero-order valence-corrected chi connectivity index (χ0v) is 15.0. The van der Waals surface area contributed by atoms with Crippen molar-refractivity contribution in [2.24, 2.45) is 0 Å². The Labute approximate surface area is 156 Å². The molecule has 0 aromatic heterocycles. The van der Waals surface area contributed by atoms with Crippen molar-refractivity contribution in [2.75, 3.05) is 18.6 Å². The van der Waals surface area contributed by atoms with E-state index in [0.717, 1.165) is 0 Å². The van der Waals surface area contributed by atoms with E-state index in [2.05, 4.69) is 6.58 Å². The van der Waals surface area contributed by atoms with Crippen LogP contribution < -0.4 is 9.64 Å². The smallest absolute Gasteiger partial charge is 0.264 e. The van der Waals surface area contributed by atoms with Crippen molar-refractivity contribution in [2.45, 2.75) is 12.0 Å². The van der Waals surface area contributed by atoms with Gasteiger partial charge in [-0.05, 0) is 30.3 Å². The van der Waals surface area contributed by atoms with Gasteiger partial charge in [0, 0.05) is 17.1 Å². The number of para-hydroxylation sites is 1. The topological polar surface area (TPSA) is 66.8 Å². The third-order valence-corrected chi connectivity index (χ3v) is 4.66. The number of fused-ring (bicyclic) bond motifs is 1. The minimum absolute atomic E-state index is 0.221. The number of carbonyl (C=O) groups excluding carboxylic acids is 2. The standard InChI is InChI=1S/C20H18ClNO4/c1-3-10-22-16-9-8-13(21)11-15(16)20(25,19(22)24)12-17(23)14-6-4-5-7-18(14)26-2/h3-9,11,25H,1,10,12H2,2H3. The number of anilines is 1. The first-order valence-corrected chi connectivity index (χ1v) is 8.41. The molecule has 0 spiro atoms. The minimum atomic E-state index is -1.98. The molecule has 3 rings (SSSR count). The van der Waals surface area contributed by atoms with E-state index in [-0.39, 0.29) is 6.54 Å². The predicted octanol–water partition coefficient (Wildman–Crippen LogP) is 3.34. The molecule has 0 saturated heterocycles. The van der Waals surface area contributed by atoms with E-state index in [0.29, 0.717) is 27.6 Å². The van der Waals surface area contributed by atoms with Crippen molar-refractivity contribution < 1.29 is 19.4 Å². The lowest BCUT2D eigenvalue weighted by Gasteiger charge is -2.22. The van der Waals surface area contributed by atoms with Crippen LogP contribution in [0, 0.1) is 0 Å². The number of carbonyl (C=O) groups is 2. The van der Waals surface area contributed by atoms with Gasteiger partial charge in [0.15, 0.2) is 11.4 Å². The van der Waals surface area contributed by atoms with Crippen LogP contribution in [0.4, 0.5) is 5.69 Å². The number of rotatable bonds is 6. The highest BCUT2D eigenvalue weighted by molar-refractivity contribution is 6.31. The fraction of sp³-hybridized carbons (Fsp3) is 0.200. The number of amides is 1. The van der Waals surface area contributed by atoms with E-state index in [1.807, 2.05) is 0 Å². The van der Waals surface area contributed by atoms with Crippen LogP contribution in [0.3, 0.4) is 0 Å². The maximum atomic E-state index is 12.9. The van der Waals surface area contributed by atoms with Gasteiger partial charge < -0.3 is 14.7 Å². The van der Waals surface area contributed by atoms with Gasteiger partial charge in [-0.25, -0.2) is 0 Å². The molecule has 1 amide bonds. The highest BCUT2D eigenvalue weighted by Gasteiger charge is 2.50. The first kappa shape index (κ1) is 18.2. The Morgan fingerprint density at radius 2 is 2.08 bits per heavy atom. The van der Waals surface area contributed by atoms with Crippen LogP contribution in [0.1, 0.15) is 22.3 Å². The summed E-state index contributed by atoms with van der Waals surface area (Å²) >= 11 is 6.06. The first-order valence-electron chi connectivity index (χ1n) is 8.04. The summed E-state index contributed by atoms with van der Waals surface area (Å²) in [6, 6.07) is 11.5. The molecule has 1 N–H and O–H groups in total. The molecular formula is C20H18ClNO4. The van der Waals surface area contributed by atoms with Gasteiger partial charge in [0.1, 0.15) is 5.75 Å². The highest BCUT2D eigenvalue weighted by Crippen LogP contribution is 2.44. The number of benzene rings is 2. The number of halogens is 1. The summed E-state index contributed by atoms with van der Waals surface area (Å²) in [5.74, 6) is -0.580. The number of ketones is 1. The molecule has 0 bridgehead atoms. The molecule has 1 atom stereocenters. The van der Waals surface area contributed by atoms with Crippen molar-refractivity contribution in [3.8, 4) is 5.75 Å². The molecule has 5 nitrogen and oxygen atoms in total. The largest absolute Gasteiger partial charge is 0.496 e. The lowest BCUT2D eigenvalue weighted by molar-refractivity contribution is -0.135. The second-order valence-corrected chi connectivity index (χ2v) is 6.46. The van der Waals surface area contributed by atoms with E-state index in [1.54, 1.807) is 42.5 Å². The lowest BCUT2D eigenvalue weighted by atomic mass is 9.88. The van der Waals surface area contributed by atoms with Gasteiger partial charge >= 0.3 is 0 Å². The Hall–Kier alpha value is -2.63. The van der Waals surface area contributed by atoms with Crippen LogP contribution in [0.25, 0.3) is 0 Å². The third kappa shape index (κ3) is 2.89. The highest BCUT2D eigenvalue weighted by atomic mass is 35.5. The summed E-state index contributed by atoms with van der Waals surface area (Å²) in [7, 11) is 1.46. The fourth-order valence-corrected chi connectivity index (χ4v) is 3.38. The summed E-state index contributed by atoms with van der Waals surface area (Å²) in [6.07, 6.45) is 1.15. The normalized spacial score (nSPS) is 18.6. The summed E-state index contributed by atoms with van der Waals surface area (Å²) in [4.78, 5) is 27.1. The van der Waals surface area contributed by atoms with Crippen molar-refractivity contribution in [1.29, 1.82) is 0 Å². The van der Waals surface area contributed by atoms with Crippen LogP contribution in [0.5, 0.6) is 5.75 Å². The maximum absolute atomic E-state index is 12.9. The third-order valence-electron chi connectivity index (χ3n) is 4.43. The molecule has 2 aromatic carbocycles. The summed E-state index contributed by atoms with van der Waals surface area (Å²) in [6.45, 7) is 3.86. The molecular weight excluding hydrogens is 354 g/mol. The molecule has 134 valence electrons. The molecule has 0 saturated carbocycles. The lowest BCUT2D eigenvalue weighted by Crippen LogP contribution is -2.42. The Kier molecular flexibility index (Phi) is 4.85. The van der Waals surface area contributed by atoms with Crippen LogP contribution in [0.2, 0.25) is 5.02 Å². The van der Waals surface area contributed by atoms with E-state index >= 15 is 0 Å². The second-order valence-electron chi connectivity index (χ2n) is 6.03. The van der Waals surface area contributed by atoms with Gasteiger partial charge in [-0.3, -0.25) is 9.59 Å². The Balaban J connectivity index is 2.03. The average molecular weight is 372 g/mol. The van der Waals surface area contributed by atoms with Gasteiger partial charge in [0.25, 0.3) is 5.91 Å². The minimum Gasteiger partial charge on any atom is -0.496 e. The molecule has 1 heterocycles. The SMILES string of the molecule is C=CCN1C(=O)C(O)(CC(=O)c2ccccc2OC)c2cc(Cl)ccc21. The van der Waals surface area contributed by atoms with Gasteiger partial charge in [-0.1, -0.05) is 29.8 Å². The van der Waals surface area contributed by atoms with E-state index in [4.69, 9.17) is 16.3 Å². The molecule has 1 aliphatic heterocycles. The Morgan fingerprint density at radius 1 is 1.35 bits per heavy atom. The van der Waals surface area contributed by atoms with E-state index < -0.39 is 23.7 Å². The van der Waals surface area contributed by atoms with Gasteiger partial charge in [0.05, 0.1) is 24.8 Å². The van der Waals surface area contributed by atoms with Crippen molar-refractivity contribution >= 4 is 29.0 Å². The zero-order valence-electron chi connectivity index (χ0n) is 14.2. The van der Waals surface area contributed by atoms with E-state index in [9.17, 15) is 14.7 Å². The van der Waals surface area contributed by atoms with Crippen LogP contribution in [-0.2, 0) is 10.4 Å². The van der Waals surface area contributed by atoms with Crippen molar-refractivity contribution in [3.63, 3.8) is 0 Å². The number of hydrogen-bond acceptors (Lipinski definition) is 4. The quantitative estimate of drug-likeness (QED) is 0.624. The summed E-state index contributed by atoms with van der Waals surface area (Å²) in [5.41, 5.74) is -0.835. The monoisotopic (exact) mass is 371 g/mol. The molecule has 0 aliphatic carbocycles. The molecule has 0 fully saturated rings. The van der Waals surface area contributed by atoms with Gasteiger partial charge in [0.2, 0.25) is 0 Å². The maximum Gasteiger partial charge on any atom is 0.264 e. The molecule has 1 unspecified atom stereocenters. The van der Waals surface area contributed by atoms with Crippen LogP contribution in [0.15, 0.2) is 55.1 Å². The average Bonchev–Trinajstić information content (AvgIpc) is 2.83. The number of methoxy groups -OCH3 is 1. The predicted molar refractivity (Wildman–Crippen MR) is 99.8 cm³/mol. The van der Waals surface area contributed by atoms with Crippen molar-refractivity contribution in [1.82, 2.24) is 0 Å². The molecule has 2 aromatic rings.